The fourth-order valence-electron chi connectivity index (χ4n) is 2.94. The SMILES string of the molecule is COc1cc(CNCCc2ccc(Cl)cc2Cl)ccc1OCc1c(Cl)cccc1Cl.Cl. The number of rotatable bonds is 9. The van der Waals surface area contributed by atoms with Crippen molar-refractivity contribution in [2.75, 3.05) is 13.7 Å². The van der Waals surface area contributed by atoms with Gasteiger partial charge in [0.15, 0.2) is 11.5 Å². The zero-order valence-electron chi connectivity index (χ0n) is 16.8. The van der Waals surface area contributed by atoms with E-state index in [-0.39, 0.29) is 19.0 Å². The summed E-state index contributed by atoms with van der Waals surface area (Å²) < 4.78 is 11.4. The molecule has 0 heterocycles. The summed E-state index contributed by atoms with van der Waals surface area (Å²) in [5.41, 5.74) is 2.89. The van der Waals surface area contributed by atoms with E-state index in [0.29, 0.717) is 38.1 Å². The molecule has 31 heavy (non-hydrogen) atoms. The highest BCUT2D eigenvalue weighted by Crippen LogP contribution is 2.31. The van der Waals surface area contributed by atoms with E-state index in [1.54, 1.807) is 31.4 Å². The molecule has 0 saturated heterocycles. The van der Waals surface area contributed by atoms with Crippen LogP contribution in [0.1, 0.15) is 16.7 Å². The van der Waals surface area contributed by atoms with E-state index in [4.69, 9.17) is 55.9 Å². The highest BCUT2D eigenvalue weighted by molar-refractivity contribution is 6.36. The lowest BCUT2D eigenvalue weighted by atomic mass is 10.1. The van der Waals surface area contributed by atoms with Crippen molar-refractivity contribution in [1.29, 1.82) is 0 Å². The highest BCUT2D eigenvalue weighted by Gasteiger charge is 2.10. The third-order valence-corrected chi connectivity index (χ3v) is 5.87. The normalized spacial score (nSPS) is 10.5. The Morgan fingerprint density at radius 2 is 1.58 bits per heavy atom. The molecule has 0 amide bonds. The number of ether oxygens (including phenoxy) is 2. The van der Waals surface area contributed by atoms with E-state index in [9.17, 15) is 0 Å². The largest absolute Gasteiger partial charge is 0.493 e. The Morgan fingerprint density at radius 1 is 0.839 bits per heavy atom. The quantitative estimate of drug-likeness (QED) is 0.294. The van der Waals surface area contributed by atoms with Crippen LogP contribution >= 0.6 is 58.8 Å². The van der Waals surface area contributed by atoms with Crippen LogP contribution in [0.4, 0.5) is 0 Å². The van der Waals surface area contributed by atoms with E-state index in [0.717, 1.165) is 29.7 Å². The first-order chi connectivity index (χ1) is 14.5. The van der Waals surface area contributed by atoms with Gasteiger partial charge in [0.1, 0.15) is 6.61 Å². The fourth-order valence-corrected chi connectivity index (χ4v) is 3.95. The summed E-state index contributed by atoms with van der Waals surface area (Å²) in [7, 11) is 1.62. The second-order valence-corrected chi connectivity index (χ2v) is 8.29. The van der Waals surface area contributed by atoms with Gasteiger partial charge in [-0.05, 0) is 60.5 Å². The average molecular weight is 522 g/mol. The van der Waals surface area contributed by atoms with Gasteiger partial charge in [-0.1, -0.05) is 64.6 Å². The number of hydrogen-bond acceptors (Lipinski definition) is 3. The standard InChI is InChI=1S/C23H21Cl4NO2.ClH/c1-29-23-11-15(13-28-10-9-16-6-7-17(24)12-21(16)27)5-8-22(23)30-14-18-19(25)3-2-4-20(18)26;/h2-8,11-12,28H,9-10,13-14H2,1H3;1H. The smallest absolute Gasteiger partial charge is 0.161 e. The van der Waals surface area contributed by atoms with Gasteiger partial charge in [-0.3, -0.25) is 0 Å². The maximum atomic E-state index is 6.22. The Hall–Kier alpha value is -1.33. The van der Waals surface area contributed by atoms with Crippen molar-refractivity contribution in [2.24, 2.45) is 0 Å². The molecule has 1 N–H and O–H groups in total. The minimum absolute atomic E-state index is 0. The van der Waals surface area contributed by atoms with Crippen molar-refractivity contribution >= 4 is 58.8 Å². The van der Waals surface area contributed by atoms with Crippen LogP contribution in [0.15, 0.2) is 54.6 Å². The molecular formula is C23H22Cl5NO2. The molecule has 0 radical (unpaired) electrons. The molecule has 3 aromatic carbocycles. The van der Waals surface area contributed by atoms with Crippen LogP contribution < -0.4 is 14.8 Å². The van der Waals surface area contributed by atoms with Crippen molar-refractivity contribution in [2.45, 2.75) is 19.6 Å². The zero-order chi connectivity index (χ0) is 21.5. The monoisotopic (exact) mass is 519 g/mol. The molecule has 0 saturated carbocycles. The maximum Gasteiger partial charge on any atom is 0.161 e. The van der Waals surface area contributed by atoms with Crippen LogP contribution in [-0.2, 0) is 19.6 Å². The molecule has 0 aromatic heterocycles. The molecule has 8 heteroatoms. The molecule has 166 valence electrons. The molecule has 3 aromatic rings. The first-order valence-corrected chi connectivity index (χ1v) is 10.9. The van der Waals surface area contributed by atoms with Gasteiger partial charge in [-0.2, -0.15) is 0 Å². The van der Waals surface area contributed by atoms with Crippen LogP contribution in [-0.4, -0.2) is 13.7 Å². The molecular weight excluding hydrogens is 500 g/mol. The summed E-state index contributed by atoms with van der Waals surface area (Å²) in [5.74, 6) is 1.28. The van der Waals surface area contributed by atoms with E-state index in [1.807, 2.05) is 30.3 Å². The topological polar surface area (TPSA) is 30.5 Å². The predicted octanol–water partition coefficient (Wildman–Crippen LogP) is 7.64. The van der Waals surface area contributed by atoms with Gasteiger partial charge in [-0.15, -0.1) is 12.4 Å². The van der Waals surface area contributed by atoms with Crippen LogP contribution in [0.2, 0.25) is 20.1 Å². The molecule has 3 rings (SSSR count). The van der Waals surface area contributed by atoms with E-state index >= 15 is 0 Å². The molecule has 0 atom stereocenters. The second kappa shape index (κ2) is 12.6. The maximum absolute atomic E-state index is 6.22. The van der Waals surface area contributed by atoms with Crippen molar-refractivity contribution in [3.05, 3.63) is 91.4 Å². The van der Waals surface area contributed by atoms with Gasteiger partial charge >= 0.3 is 0 Å². The lowest BCUT2D eigenvalue weighted by molar-refractivity contribution is 0.284. The number of methoxy groups -OCH3 is 1. The van der Waals surface area contributed by atoms with Gasteiger partial charge in [0.25, 0.3) is 0 Å². The summed E-state index contributed by atoms with van der Waals surface area (Å²) in [6, 6.07) is 16.8. The summed E-state index contributed by atoms with van der Waals surface area (Å²) in [4.78, 5) is 0. The summed E-state index contributed by atoms with van der Waals surface area (Å²) in [6.45, 7) is 1.74. The Bertz CT molecular complexity index is 993. The van der Waals surface area contributed by atoms with Crippen LogP contribution in [0.25, 0.3) is 0 Å². The van der Waals surface area contributed by atoms with Crippen LogP contribution in [0.5, 0.6) is 11.5 Å². The average Bonchev–Trinajstić information content (AvgIpc) is 2.72. The first kappa shape index (κ1) is 25.9. The molecule has 0 aliphatic carbocycles. The minimum Gasteiger partial charge on any atom is -0.493 e. The number of hydrogen-bond donors (Lipinski definition) is 1. The summed E-state index contributed by atoms with van der Waals surface area (Å²) in [6.07, 6.45) is 0.812. The molecule has 0 bridgehead atoms. The Morgan fingerprint density at radius 3 is 2.26 bits per heavy atom. The van der Waals surface area contributed by atoms with E-state index < -0.39 is 0 Å². The van der Waals surface area contributed by atoms with Gasteiger partial charge in [0.05, 0.1) is 7.11 Å². The lowest BCUT2D eigenvalue weighted by Crippen LogP contribution is -2.16. The van der Waals surface area contributed by atoms with E-state index in [2.05, 4.69) is 5.32 Å². The molecule has 3 nitrogen and oxygen atoms in total. The van der Waals surface area contributed by atoms with Crippen molar-refractivity contribution in [3.63, 3.8) is 0 Å². The molecule has 0 unspecified atom stereocenters. The van der Waals surface area contributed by atoms with Crippen molar-refractivity contribution in [3.8, 4) is 11.5 Å². The van der Waals surface area contributed by atoms with Crippen molar-refractivity contribution in [1.82, 2.24) is 5.32 Å². The fraction of sp³-hybridized carbons (Fsp3) is 0.217. The summed E-state index contributed by atoms with van der Waals surface area (Å²) in [5, 5.41) is 5.89. The minimum atomic E-state index is 0. The Kier molecular flexibility index (Phi) is 10.6. The van der Waals surface area contributed by atoms with Gasteiger partial charge in [0.2, 0.25) is 0 Å². The lowest BCUT2D eigenvalue weighted by Gasteiger charge is -2.14. The van der Waals surface area contributed by atoms with E-state index in [1.165, 1.54) is 0 Å². The Labute approximate surface area is 209 Å². The first-order valence-electron chi connectivity index (χ1n) is 9.35. The second-order valence-electron chi connectivity index (χ2n) is 6.64. The third-order valence-electron chi connectivity index (χ3n) is 4.58. The number of nitrogens with one attached hydrogen (secondary N) is 1. The number of benzene rings is 3. The number of halogens is 5. The van der Waals surface area contributed by atoms with Gasteiger partial charge in [0, 0.05) is 32.2 Å². The van der Waals surface area contributed by atoms with Gasteiger partial charge in [-0.25, -0.2) is 0 Å². The molecule has 0 aliphatic rings. The van der Waals surface area contributed by atoms with Crippen LogP contribution in [0.3, 0.4) is 0 Å². The molecule has 0 fully saturated rings. The Balaban J connectivity index is 0.00000341. The molecule has 0 spiro atoms. The predicted molar refractivity (Wildman–Crippen MR) is 133 cm³/mol. The zero-order valence-corrected chi connectivity index (χ0v) is 20.6. The van der Waals surface area contributed by atoms with Crippen molar-refractivity contribution < 1.29 is 9.47 Å². The summed E-state index contributed by atoms with van der Waals surface area (Å²) >= 11 is 24.6. The van der Waals surface area contributed by atoms with Gasteiger partial charge < -0.3 is 14.8 Å². The third kappa shape index (κ3) is 7.35. The highest BCUT2D eigenvalue weighted by atomic mass is 35.5. The van der Waals surface area contributed by atoms with Crippen LogP contribution in [0, 0.1) is 0 Å². The molecule has 0 aliphatic heterocycles.